The molecule has 0 radical (unpaired) electrons. The molecule has 4 heteroatoms. The topological polar surface area (TPSA) is 44.7 Å². The van der Waals surface area contributed by atoms with Gasteiger partial charge in [0.2, 0.25) is 0 Å². The Kier molecular flexibility index (Phi) is 5.63. The van der Waals surface area contributed by atoms with Crippen LogP contribution in [-0.4, -0.2) is 60.5 Å². The SMILES string of the molecule is CCCNC1(CO)CCCC(N2CCOC(C)C2)C1. The van der Waals surface area contributed by atoms with Crippen LogP contribution >= 0.6 is 0 Å². The molecular formula is C15H30N2O2. The van der Waals surface area contributed by atoms with E-state index in [4.69, 9.17) is 4.74 Å². The first kappa shape index (κ1) is 15.2. The van der Waals surface area contributed by atoms with Crippen molar-refractivity contribution in [1.29, 1.82) is 0 Å². The van der Waals surface area contributed by atoms with Crippen molar-refractivity contribution in [3.8, 4) is 0 Å². The number of rotatable bonds is 5. The zero-order valence-electron chi connectivity index (χ0n) is 12.5. The molecular weight excluding hydrogens is 240 g/mol. The van der Waals surface area contributed by atoms with E-state index in [1.165, 1.54) is 12.8 Å². The molecule has 1 saturated carbocycles. The zero-order chi connectivity index (χ0) is 13.7. The number of morpholine rings is 1. The van der Waals surface area contributed by atoms with Crippen molar-refractivity contribution < 1.29 is 9.84 Å². The molecule has 0 amide bonds. The number of aliphatic hydroxyl groups is 1. The molecule has 1 heterocycles. The highest BCUT2D eigenvalue weighted by atomic mass is 16.5. The molecule has 112 valence electrons. The molecule has 0 aromatic rings. The third-order valence-corrected chi connectivity index (χ3v) is 4.66. The van der Waals surface area contributed by atoms with Crippen molar-refractivity contribution in [1.82, 2.24) is 10.2 Å². The first-order valence-corrected chi connectivity index (χ1v) is 7.90. The van der Waals surface area contributed by atoms with Crippen LogP contribution in [0.15, 0.2) is 0 Å². The van der Waals surface area contributed by atoms with Crippen molar-refractivity contribution in [2.24, 2.45) is 0 Å². The number of ether oxygens (including phenoxy) is 1. The summed E-state index contributed by atoms with van der Waals surface area (Å²) >= 11 is 0. The van der Waals surface area contributed by atoms with Crippen LogP contribution < -0.4 is 5.32 Å². The minimum atomic E-state index is -0.0412. The van der Waals surface area contributed by atoms with E-state index in [2.05, 4.69) is 24.1 Å². The molecule has 1 aliphatic heterocycles. The maximum absolute atomic E-state index is 9.83. The predicted octanol–water partition coefficient (Wildman–Crippen LogP) is 1.38. The quantitative estimate of drug-likeness (QED) is 0.792. The van der Waals surface area contributed by atoms with Crippen LogP contribution in [0.5, 0.6) is 0 Å². The largest absolute Gasteiger partial charge is 0.394 e. The second-order valence-corrected chi connectivity index (χ2v) is 6.29. The van der Waals surface area contributed by atoms with Crippen LogP contribution in [0.2, 0.25) is 0 Å². The van der Waals surface area contributed by atoms with Crippen molar-refractivity contribution in [2.75, 3.05) is 32.8 Å². The van der Waals surface area contributed by atoms with Crippen LogP contribution in [0.3, 0.4) is 0 Å². The van der Waals surface area contributed by atoms with Gasteiger partial charge in [-0.25, -0.2) is 0 Å². The Morgan fingerprint density at radius 3 is 3.00 bits per heavy atom. The molecule has 0 aromatic carbocycles. The van der Waals surface area contributed by atoms with Gasteiger partial charge in [-0.15, -0.1) is 0 Å². The van der Waals surface area contributed by atoms with Gasteiger partial charge in [-0.3, -0.25) is 4.90 Å². The second-order valence-electron chi connectivity index (χ2n) is 6.29. The Hall–Kier alpha value is -0.160. The Morgan fingerprint density at radius 2 is 2.32 bits per heavy atom. The van der Waals surface area contributed by atoms with Crippen molar-refractivity contribution in [3.63, 3.8) is 0 Å². The van der Waals surface area contributed by atoms with E-state index in [1.54, 1.807) is 0 Å². The van der Waals surface area contributed by atoms with E-state index >= 15 is 0 Å². The average molecular weight is 270 g/mol. The third-order valence-electron chi connectivity index (χ3n) is 4.66. The van der Waals surface area contributed by atoms with Crippen LogP contribution in [0.4, 0.5) is 0 Å². The second kappa shape index (κ2) is 7.02. The third kappa shape index (κ3) is 3.91. The van der Waals surface area contributed by atoms with Crippen molar-refractivity contribution in [3.05, 3.63) is 0 Å². The highest BCUT2D eigenvalue weighted by molar-refractivity contribution is 4.97. The average Bonchev–Trinajstić information content (AvgIpc) is 2.45. The summed E-state index contributed by atoms with van der Waals surface area (Å²) in [5, 5.41) is 13.4. The summed E-state index contributed by atoms with van der Waals surface area (Å²) in [4.78, 5) is 2.57. The summed E-state index contributed by atoms with van der Waals surface area (Å²) < 4.78 is 5.64. The predicted molar refractivity (Wildman–Crippen MR) is 77.4 cm³/mol. The fraction of sp³-hybridized carbons (Fsp3) is 1.00. The summed E-state index contributed by atoms with van der Waals surface area (Å²) in [6, 6.07) is 0.608. The fourth-order valence-corrected chi connectivity index (χ4v) is 3.57. The van der Waals surface area contributed by atoms with Gasteiger partial charge in [0.05, 0.1) is 19.3 Å². The monoisotopic (exact) mass is 270 g/mol. The van der Waals surface area contributed by atoms with Crippen LogP contribution in [-0.2, 0) is 4.74 Å². The molecule has 1 saturated heterocycles. The summed E-state index contributed by atoms with van der Waals surface area (Å²) in [6.07, 6.45) is 6.15. The summed E-state index contributed by atoms with van der Waals surface area (Å²) in [5.41, 5.74) is -0.0412. The Labute approximate surface area is 117 Å². The molecule has 3 unspecified atom stereocenters. The van der Waals surface area contributed by atoms with E-state index in [9.17, 15) is 5.11 Å². The zero-order valence-corrected chi connectivity index (χ0v) is 12.5. The van der Waals surface area contributed by atoms with E-state index in [0.29, 0.717) is 12.1 Å². The van der Waals surface area contributed by atoms with Gasteiger partial charge in [-0.1, -0.05) is 6.92 Å². The summed E-state index contributed by atoms with van der Waals surface area (Å²) in [7, 11) is 0. The van der Waals surface area contributed by atoms with Crippen LogP contribution in [0, 0.1) is 0 Å². The fourth-order valence-electron chi connectivity index (χ4n) is 3.57. The molecule has 19 heavy (non-hydrogen) atoms. The van der Waals surface area contributed by atoms with E-state index in [0.717, 1.165) is 45.5 Å². The van der Waals surface area contributed by atoms with Gasteiger partial charge in [0, 0.05) is 24.7 Å². The lowest BCUT2D eigenvalue weighted by Gasteiger charge is -2.46. The molecule has 0 aromatic heterocycles. The first-order valence-electron chi connectivity index (χ1n) is 7.90. The Bertz CT molecular complexity index is 275. The maximum Gasteiger partial charge on any atom is 0.0674 e. The normalized spacial score (nSPS) is 37.4. The van der Waals surface area contributed by atoms with Gasteiger partial charge in [0.1, 0.15) is 0 Å². The van der Waals surface area contributed by atoms with Gasteiger partial charge < -0.3 is 15.2 Å². The molecule has 2 fully saturated rings. The van der Waals surface area contributed by atoms with Crippen LogP contribution in [0.1, 0.15) is 46.0 Å². The number of hydrogen-bond acceptors (Lipinski definition) is 4. The number of hydrogen-bond donors (Lipinski definition) is 2. The molecule has 1 aliphatic carbocycles. The molecule has 0 bridgehead atoms. The number of aliphatic hydroxyl groups excluding tert-OH is 1. The van der Waals surface area contributed by atoms with Gasteiger partial charge in [-0.2, -0.15) is 0 Å². The number of nitrogens with zero attached hydrogens (tertiary/aromatic N) is 1. The van der Waals surface area contributed by atoms with Gasteiger partial charge in [-0.05, 0) is 45.6 Å². The minimum Gasteiger partial charge on any atom is -0.394 e. The first-order chi connectivity index (χ1) is 9.19. The minimum absolute atomic E-state index is 0.0412. The highest BCUT2D eigenvalue weighted by Crippen LogP contribution is 2.32. The smallest absolute Gasteiger partial charge is 0.0674 e. The lowest BCUT2D eigenvalue weighted by Crippen LogP contribution is -2.57. The standard InChI is InChI=1S/C15H30N2O2/c1-3-7-16-15(12-18)6-4-5-14(10-15)17-8-9-19-13(2)11-17/h13-14,16,18H,3-12H2,1-2H3. The molecule has 2 rings (SSSR count). The van der Waals surface area contributed by atoms with Gasteiger partial charge in [0.25, 0.3) is 0 Å². The lowest BCUT2D eigenvalue weighted by atomic mass is 9.78. The Balaban J connectivity index is 1.94. The summed E-state index contributed by atoms with van der Waals surface area (Å²) in [5.74, 6) is 0. The van der Waals surface area contributed by atoms with E-state index in [1.807, 2.05) is 0 Å². The van der Waals surface area contributed by atoms with Crippen molar-refractivity contribution in [2.45, 2.75) is 63.6 Å². The van der Waals surface area contributed by atoms with Gasteiger partial charge >= 0.3 is 0 Å². The molecule has 3 atom stereocenters. The highest BCUT2D eigenvalue weighted by Gasteiger charge is 2.38. The van der Waals surface area contributed by atoms with E-state index < -0.39 is 0 Å². The number of nitrogens with one attached hydrogen (secondary N) is 1. The Morgan fingerprint density at radius 1 is 1.47 bits per heavy atom. The molecule has 0 spiro atoms. The molecule has 2 N–H and O–H groups in total. The van der Waals surface area contributed by atoms with Gasteiger partial charge in [0.15, 0.2) is 0 Å². The molecule has 4 nitrogen and oxygen atoms in total. The molecule has 2 aliphatic rings. The van der Waals surface area contributed by atoms with E-state index in [-0.39, 0.29) is 12.1 Å². The van der Waals surface area contributed by atoms with Crippen molar-refractivity contribution >= 4 is 0 Å². The van der Waals surface area contributed by atoms with Crippen LogP contribution in [0.25, 0.3) is 0 Å². The lowest BCUT2D eigenvalue weighted by molar-refractivity contribution is -0.0493. The summed E-state index contributed by atoms with van der Waals surface area (Å²) in [6.45, 7) is 8.55. The maximum atomic E-state index is 9.83.